The zero-order valence-corrected chi connectivity index (χ0v) is 14.1. The van der Waals surface area contributed by atoms with Gasteiger partial charge in [0.15, 0.2) is 0 Å². The highest BCUT2D eigenvalue weighted by molar-refractivity contribution is 9.10. The number of hydrogen-bond donors (Lipinski definition) is 2. The Balaban J connectivity index is 2.39. The number of anilines is 2. The summed E-state index contributed by atoms with van der Waals surface area (Å²) < 4.78 is 32.9. The van der Waals surface area contributed by atoms with E-state index in [9.17, 15) is 8.42 Å². The van der Waals surface area contributed by atoms with Gasteiger partial charge in [0.05, 0.1) is 17.8 Å². The summed E-state index contributed by atoms with van der Waals surface area (Å²) in [6.45, 7) is 0. The first-order valence-corrected chi connectivity index (χ1v) is 8.39. The number of methoxy groups -OCH3 is 1. The number of rotatable bonds is 4. The largest absolute Gasteiger partial charge is 0.497 e. The van der Waals surface area contributed by atoms with Gasteiger partial charge in [-0.25, -0.2) is 8.42 Å². The second-order valence-electron chi connectivity index (χ2n) is 4.18. The summed E-state index contributed by atoms with van der Waals surface area (Å²) in [5, 5.41) is 0.0597. The standard InChI is InChI=1S/C13H12BrClN2O3S/c1-20-11-5-8(14)4-10(7-11)17-21(18,19)13-3-2-9(16)6-12(13)15/h2-7,17H,16H2,1H3. The number of benzene rings is 2. The first-order valence-electron chi connectivity index (χ1n) is 5.74. The summed E-state index contributed by atoms with van der Waals surface area (Å²) in [7, 11) is -2.32. The number of nitrogens with two attached hydrogens (primary N) is 1. The number of halogens is 2. The molecule has 0 fully saturated rings. The molecule has 0 saturated carbocycles. The first-order chi connectivity index (χ1) is 9.81. The number of nitrogen functional groups attached to an aromatic ring is 1. The van der Waals surface area contributed by atoms with E-state index in [1.807, 2.05) is 0 Å². The minimum Gasteiger partial charge on any atom is -0.497 e. The monoisotopic (exact) mass is 390 g/mol. The molecule has 2 aromatic carbocycles. The molecule has 3 N–H and O–H groups in total. The molecule has 0 aliphatic rings. The van der Waals surface area contributed by atoms with Gasteiger partial charge in [0, 0.05) is 16.2 Å². The molecule has 0 radical (unpaired) electrons. The number of hydrogen-bond acceptors (Lipinski definition) is 4. The van der Waals surface area contributed by atoms with Gasteiger partial charge in [0.25, 0.3) is 10.0 Å². The van der Waals surface area contributed by atoms with Crippen LogP contribution in [0.15, 0.2) is 45.8 Å². The van der Waals surface area contributed by atoms with E-state index >= 15 is 0 Å². The summed E-state index contributed by atoms with van der Waals surface area (Å²) in [6, 6.07) is 9.11. The minimum absolute atomic E-state index is 0.0442. The van der Waals surface area contributed by atoms with Crippen molar-refractivity contribution >= 4 is 48.9 Å². The normalized spacial score (nSPS) is 11.2. The molecule has 8 heteroatoms. The van der Waals surface area contributed by atoms with E-state index in [1.165, 1.54) is 25.3 Å². The molecule has 2 rings (SSSR count). The van der Waals surface area contributed by atoms with Crippen molar-refractivity contribution in [2.75, 3.05) is 17.6 Å². The minimum atomic E-state index is -3.82. The second kappa shape index (κ2) is 6.13. The molecule has 0 spiro atoms. The highest BCUT2D eigenvalue weighted by Crippen LogP contribution is 2.29. The van der Waals surface area contributed by atoms with Crippen LogP contribution in [0.4, 0.5) is 11.4 Å². The molecular formula is C13H12BrClN2O3S. The van der Waals surface area contributed by atoms with E-state index in [-0.39, 0.29) is 9.92 Å². The van der Waals surface area contributed by atoms with Gasteiger partial charge in [-0.05, 0) is 30.3 Å². The molecular weight excluding hydrogens is 380 g/mol. The van der Waals surface area contributed by atoms with Crippen molar-refractivity contribution in [2.45, 2.75) is 4.90 Å². The third-order valence-corrected chi connectivity index (χ3v) is 4.93. The van der Waals surface area contributed by atoms with Crippen molar-refractivity contribution < 1.29 is 13.2 Å². The Kier molecular flexibility index (Phi) is 4.65. The van der Waals surface area contributed by atoms with E-state index in [4.69, 9.17) is 22.1 Å². The van der Waals surface area contributed by atoms with Crippen LogP contribution in [-0.4, -0.2) is 15.5 Å². The summed E-state index contributed by atoms with van der Waals surface area (Å²) >= 11 is 9.22. The van der Waals surface area contributed by atoms with Crippen LogP contribution < -0.4 is 15.2 Å². The van der Waals surface area contributed by atoms with Crippen molar-refractivity contribution in [3.8, 4) is 5.75 Å². The van der Waals surface area contributed by atoms with Gasteiger partial charge in [0.2, 0.25) is 0 Å². The van der Waals surface area contributed by atoms with Crippen molar-refractivity contribution in [1.29, 1.82) is 0 Å². The van der Waals surface area contributed by atoms with E-state index < -0.39 is 10.0 Å². The average Bonchev–Trinajstić information content (AvgIpc) is 2.36. The van der Waals surface area contributed by atoms with Crippen LogP contribution in [0.1, 0.15) is 0 Å². The van der Waals surface area contributed by atoms with Crippen LogP contribution in [-0.2, 0) is 10.0 Å². The molecule has 0 aliphatic heterocycles. The molecule has 5 nitrogen and oxygen atoms in total. The van der Waals surface area contributed by atoms with Crippen LogP contribution in [0.25, 0.3) is 0 Å². The third kappa shape index (κ3) is 3.81. The Morgan fingerprint density at radius 3 is 2.57 bits per heavy atom. The zero-order valence-electron chi connectivity index (χ0n) is 10.9. The lowest BCUT2D eigenvalue weighted by Gasteiger charge is -2.11. The third-order valence-electron chi connectivity index (χ3n) is 2.60. The topological polar surface area (TPSA) is 81.4 Å². The first kappa shape index (κ1) is 15.9. The van der Waals surface area contributed by atoms with Gasteiger partial charge in [-0.1, -0.05) is 27.5 Å². The number of sulfonamides is 1. The Labute approximate surface area is 136 Å². The SMILES string of the molecule is COc1cc(Br)cc(NS(=O)(=O)c2ccc(N)cc2Cl)c1. The predicted molar refractivity (Wildman–Crippen MR) is 87.4 cm³/mol. The van der Waals surface area contributed by atoms with Crippen molar-refractivity contribution in [1.82, 2.24) is 0 Å². The molecule has 112 valence electrons. The van der Waals surface area contributed by atoms with Gasteiger partial charge in [-0.15, -0.1) is 0 Å². The van der Waals surface area contributed by atoms with Crippen LogP contribution in [0.2, 0.25) is 5.02 Å². The Hall–Kier alpha value is -1.44. The number of nitrogens with one attached hydrogen (secondary N) is 1. The van der Waals surface area contributed by atoms with Crippen LogP contribution >= 0.6 is 27.5 Å². The zero-order chi connectivity index (χ0) is 15.6. The van der Waals surface area contributed by atoms with Crippen LogP contribution in [0.3, 0.4) is 0 Å². The van der Waals surface area contributed by atoms with Gasteiger partial charge < -0.3 is 10.5 Å². The fourth-order valence-electron chi connectivity index (χ4n) is 1.68. The molecule has 21 heavy (non-hydrogen) atoms. The fraction of sp³-hybridized carbons (Fsp3) is 0.0769. The lowest BCUT2D eigenvalue weighted by molar-refractivity contribution is 0.415. The van der Waals surface area contributed by atoms with E-state index in [0.717, 1.165) is 0 Å². The Morgan fingerprint density at radius 2 is 1.95 bits per heavy atom. The fourth-order valence-corrected chi connectivity index (χ4v) is 3.75. The summed E-state index contributed by atoms with van der Waals surface area (Å²) in [6.07, 6.45) is 0. The molecule has 0 bridgehead atoms. The maximum absolute atomic E-state index is 12.4. The molecule has 0 heterocycles. The Morgan fingerprint density at radius 1 is 1.24 bits per heavy atom. The van der Waals surface area contributed by atoms with Crippen molar-refractivity contribution in [3.63, 3.8) is 0 Å². The maximum Gasteiger partial charge on any atom is 0.263 e. The second-order valence-corrected chi connectivity index (χ2v) is 7.15. The molecule has 2 aromatic rings. The molecule has 0 saturated heterocycles. The molecule has 0 unspecified atom stereocenters. The van der Waals surface area contributed by atoms with E-state index in [2.05, 4.69) is 20.7 Å². The lowest BCUT2D eigenvalue weighted by atomic mass is 10.3. The molecule has 0 amide bonds. The Bertz CT molecular complexity index is 781. The van der Waals surface area contributed by atoms with E-state index in [0.29, 0.717) is 21.6 Å². The van der Waals surface area contributed by atoms with Gasteiger partial charge in [-0.2, -0.15) is 0 Å². The van der Waals surface area contributed by atoms with Crippen molar-refractivity contribution in [2.24, 2.45) is 0 Å². The highest BCUT2D eigenvalue weighted by Gasteiger charge is 2.18. The quantitative estimate of drug-likeness (QED) is 0.782. The van der Waals surface area contributed by atoms with Gasteiger partial charge >= 0.3 is 0 Å². The van der Waals surface area contributed by atoms with Gasteiger partial charge in [-0.3, -0.25) is 4.72 Å². The molecule has 0 aromatic heterocycles. The molecule has 0 aliphatic carbocycles. The number of ether oxygens (including phenoxy) is 1. The smallest absolute Gasteiger partial charge is 0.263 e. The summed E-state index contributed by atoms with van der Waals surface area (Å²) in [5.41, 5.74) is 6.31. The van der Waals surface area contributed by atoms with Crippen LogP contribution in [0.5, 0.6) is 5.75 Å². The predicted octanol–water partition coefficient (Wildman–Crippen LogP) is 3.49. The average molecular weight is 392 g/mol. The van der Waals surface area contributed by atoms with E-state index in [1.54, 1.807) is 18.2 Å². The highest BCUT2D eigenvalue weighted by atomic mass is 79.9. The van der Waals surface area contributed by atoms with Crippen molar-refractivity contribution in [3.05, 3.63) is 45.9 Å². The van der Waals surface area contributed by atoms with Gasteiger partial charge in [0.1, 0.15) is 10.6 Å². The summed E-state index contributed by atoms with van der Waals surface area (Å²) in [5.74, 6) is 0.519. The maximum atomic E-state index is 12.4. The lowest BCUT2D eigenvalue weighted by Crippen LogP contribution is -2.13. The summed E-state index contributed by atoms with van der Waals surface area (Å²) in [4.78, 5) is -0.0442. The molecule has 0 atom stereocenters. The van der Waals surface area contributed by atoms with Crippen LogP contribution in [0, 0.1) is 0 Å².